The molecule has 0 aromatic heterocycles. The van der Waals surface area contributed by atoms with E-state index in [1.54, 1.807) is 25.1 Å². The highest BCUT2D eigenvalue weighted by molar-refractivity contribution is 6.42. The third-order valence-corrected chi connectivity index (χ3v) is 4.24. The lowest BCUT2D eigenvalue weighted by atomic mass is 10.0. The van der Waals surface area contributed by atoms with Crippen molar-refractivity contribution < 1.29 is 10.3 Å². The van der Waals surface area contributed by atoms with Crippen LogP contribution in [0.15, 0.2) is 66.7 Å². The Morgan fingerprint density at radius 1 is 0.852 bits per heavy atom. The van der Waals surface area contributed by atoms with Crippen molar-refractivity contribution in [3.63, 3.8) is 0 Å². The van der Waals surface area contributed by atoms with Gasteiger partial charge in [-0.15, -0.1) is 0 Å². The van der Waals surface area contributed by atoms with Crippen LogP contribution in [0.1, 0.15) is 12.5 Å². The molecule has 0 spiro atoms. The Bertz CT molecular complexity index is 827. The minimum absolute atomic E-state index is 0.250. The highest BCUT2D eigenvalue weighted by Gasteiger charge is 2.04. The van der Waals surface area contributed by atoms with Crippen LogP contribution in [-0.4, -0.2) is 16.9 Å². The molecule has 0 saturated carbocycles. The molecule has 0 aliphatic heterocycles. The second-order valence-electron chi connectivity index (χ2n) is 5.40. The summed E-state index contributed by atoms with van der Waals surface area (Å²) in [6, 6.07) is 20.6. The van der Waals surface area contributed by atoms with Crippen molar-refractivity contribution >= 4 is 40.5 Å². The predicted molar refractivity (Wildman–Crippen MR) is 116 cm³/mol. The molecule has 3 aromatic rings. The number of aryl methyl sites for hydroxylation is 1. The monoisotopic (exact) mass is 425 g/mol. The van der Waals surface area contributed by atoms with Gasteiger partial charge < -0.3 is 5.11 Å². The van der Waals surface area contributed by atoms with Gasteiger partial charge in [0.2, 0.25) is 0 Å². The zero-order chi connectivity index (χ0) is 20.2. The van der Waals surface area contributed by atoms with E-state index in [9.17, 15) is 0 Å². The highest BCUT2D eigenvalue weighted by atomic mass is 35.5. The normalized spacial score (nSPS) is 9.44. The molecule has 0 amide bonds. The Labute approximate surface area is 175 Å². The third kappa shape index (κ3) is 8.21. The van der Waals surface area contributed by atoms with Crippen LogP contribution in [0.25, 0.3) is 11.1 Å². The van der Waals surface area contributed by atoms with Crippen LogP contribution in [0, 0.1) is 6.92 Å². The first-order chi connectivity index (χ1) is 12.9. The van der Waals surface area contributed by atoms with Gasteiger partial charge in [-0.05, 0) is 55.3 Å². The van der Waals surface area contributed by atoms with E-state index >= 15 is 0 Å². The van der Waals surface area contributed by atoms with Crippen molar-refractivity contribution in [2.45, 2.75) is 13.8 Å². The second kappa shape index (κ2) is 12.6. The Morgan fingerprint density at radius 3 is 2.00 bits per heavy atom. The Hall–Kier alpha value is -1.75. The number of hydrogen-bond acceptors (Lipinski definition) is 3. The van der Waals surface area contributed by atoms with Gasteiger partial charge in [0.25, 0.3) is 0 Å². The maximum atomic E-state index is 8.98. The largest absolute Gasteiger partial charge is 0.397 e. The summed E-state index contributed by atoms with van der Waals surface area (Å²) >= 11 is 17.2. The standard InChI is InChI=1S/C12H10ClNO.C7H6Cl2.C2H6O/c13-10-6-7-12(14-15)11(8-10)9-4-2-1-3-5-9;1-5-2-3-6(8)7(9)4-5;1-2-3/h1-8,14-15H;2-4H,1H3;3H,2H2,1H3. The first kappa shape index (κ1) is 23.3. The molecule has 0 radical (unpaired) electrons. The molecule has 0 fully saturated rings. The number of benzene rings is 3. The molecule has 27 heavy (non-hydrogen) atoms. The number of hydrogen-bond donors (Lipinski definition) is 3. The average Bonchev–Trinajstić information content (AvgIpc) is 2.67. The van der Waals surface area contributed by atoms with E-state index < -0.39 is 0 Å². The highest BCUT2D eigenvalue weighted by Crippen LogP contribution is 2.30. The fourth-order valence-electron chi connectivity index (χ4n) is 2.07. The van der Waals surface area contributed by atoms with Crippen molar-refractivity contribution in [2.75, 3.05) is 12.1 Å². The molecule has 6 heteroatoms. The van der Waals surface area contributed by atoms with Crippen LogP contribution in [0.2, 0.25) is 15.1 Å². The molecule has 3 nitrogen and oxygen atoms in total. The van der Waals surface area contributed by atoms with Crippen molar-refractivity contribution in [2.24, 2.45) is 0 Å². The SMILES string of the molecule is CCO.Cc1ccc(Cl)c(Cl)c1.ONc1ccc(Cl)cc1-c1ccccc1. The van der Waals surface area contributed by atoms with Gasteiger partial charge in [0, 0.05) is 17.2 Å². The van der Waals surface area contributed by atoms with Gasteiger partial charge in [-0.1, -0.05) is 71.2 Å². The number of aliphatic hydroxyl groups is 1. The van der Waals surface area contributed by atoms with Crippen LogP contribution in [0.4, 0.5) is 5.69 Å². The lowest BCUT2D eigenvalue weighted by Crippen LogP contribution is -1.92. The van der Waals surface area contributed by atoms with E-state index in [0.29, 0.717) is 20.8 Å². The first-order valence-electron chi connectivity index (χ1n) is 8.20. The lowest BCUT2D eigenvalue weighted by molar-refractivity contribution is 0.318. The Morgan fingerprint density at radius 2 is 1.48 bits per heavy atom. The average molecular weight is 427 g/mol. The summed E-state index contributed by atoms with van der Waals surface area (Å²) in [7, 11) is 0. The minimum atomic E-state index is 0.250. The summed E-state index contributed by atoms with van der Waals surface area (Å²) in [6.45, 7) is 3.90. The van der Waals surface area contributed by atoms with Gasteiger partial charge in [-0.3, -0.25) is 10.7 Å². The van der Waals surface area contributed by atoms with Crippen molar-refractivity contribution in [1.29, 1.82) is 0 Å². The van der Waals surface area contributed by atoms with Crippen LogP contribution in [-0.2, 0) is 0 Å². The van der Waals surface area contributed by atoms with Crippen LogP contribution in [0.5, 0.6) is 0 Å². The molecule has 0 aliphatic carbocycles. The van der Waals surface area contributed by atoms with Crippen molar-refractivity contribution in [3.8, 4) is 11.1 Å². The summed E-state index contributed by atoms with van der Waals surface area (Å²) in [5.74, 6) is 0. The summed E-state index contributed by atoms with van der Waals surface area (Å²) in [5.41, 5.74) is 5.83. The number of rotatable bonds is 2. The number of anilines is 1. The lowest BCUT2D eigenvalue weighted by Gasteiger charge is -2.08. The molecule has 0 bridgehead atoms. The zero-order valence-corrected chi connectivity index (χ0v) is 17.4. The Balaban J connectivity index is 0.000000259. The van der Waals surface area contributed by atoms with Gasteiger partial charge in [-0.2, -0.15) is 0 Å². The molecule has 0 saturated heterocycles. The second-order valence-corrected chi connectivity index (χ2v) is 6.65. The predicted octanol–water partition coefficient (Wildman–Crippen LogP) is 7.11. The van der Waals surface area contributed by atoms with E-state index in [2.05, 4.69) is 5.48 Å². The molecule has 0 heterocycles. The third-order valence-electron chi connectivity index (χ3n) is 3.26. The van der Waals surface area contributed by atoms with Gasteiger partial charge in [0.1, 0.15) is 0 Å². The maximum Gasteiger partial charge on any atom is 0.0681 e. The van der Waals surface area contributed by atoms with Gasteiger partial charge in [0.15, 0.2) is 0 Å². The van der Waals surface area contributed by atoms with E-state index in [1.165, 1.54) is 0 Å². The molecule has 0 aliphatic rings. The van der Waals surface area contributed by atoms with Gasteiger partial charge in [-0.25, -0.2) is 0 Å². The molecule has 0 unspecified atom stereocenters. The quantitative estimate of drug-likeness (QED) is 0.383. The zero-order valence-electron chi connectivity index (χ0n) is 15.1. The summed E-state index contributed by atoms with van der Waals surface area (Å²) < 4.78 is 0. The number of aliphatic hydroxyl groups excluding tert-OH is 1. The topological polar surface area (TPSA) is 52.5 Å². The van der Waals surface area contributed by atoms with Crippen molar-refractivity contribution in [1.82, 2.24) is 0 Å². The van der Waals surface area contributed by atoms with Crippen LogP contribution < -0.4 is 5.48 Å². The summed E-state index contributed by atoms with van der Waals surface area (Å²) in [4.78, 5) is 0. The Kier molecular flexibility index (Phi) is 10.9. The molecule has 3 N–H and O–H groups in total. The van der Waals surface area contributed by atoms with Gasteiger partial charge in [0.05, 0.1) is 15.7 Å². The van der Waals surface area contributed by atoms with Gasteiger partial charge >= 0.3 is 0 Å². The molecule has 144 valence electrons. The smallest absolute Gasteiger partial charge is 0.0681 e. The summed E-state index contributed by atoms with van der Waals surface area (Å²) in [5, 5.41) is 18.4. The number of halogens is 3. The van der Waals surface area contributed by atoms with E-state index in [4.69, 9.17) is 45.1 Å². The maximum absolute atomic E-state index is 8.98. The number of nitrogens with one attached hydrogen (secondary N) is 1. The first-order valence-corrected chi connectivity index (χ1v) is 9.33. The fourth-order valence-corrected chi connectivity index (χ4v) is 2.60. The molecular weight excluding hydrogens is 405 g/mol. The molecular formula is C21H22Cl3NO2. The van der Waals surface area contributed by atoms with Crippen molar-refractivity contribution in [3.05, 3.63) is 87.4 Å². The fraction of sp³-hybridized carbons (Fsp3) is 0.143. The summed E-state index contributed by atoms with van der Waals surface area (Å²) in [6.07, 6.45) is 0. The van der Waals surface area contributed by atoms with E-state index in [1.807, 2.05) is 55.5 Å². The minimum Gasteiger partial charge on any atom is -0.397 e. The molecule has 0 atom stereocenters. The van der Waals surface area contributed by atoms with E-state index in [0.717, 1.165) is 16.7 Å². The van der Waals surface area contributed by atoms with Crippen LogP contribution >= 0.6 is 34.8 Å². The van der Waals surface area contributed by atoms with E-state index in [-0.39, 0.29) is 6.61 Å². The molecule has 3 aromatic carbocycles. The molecule has 3 rings (SSSR count). The van der Waals surface area contributed by atoms with Crippen LogP contribution in [0.3, 0.4) is 0 Å².